The Kier molecular flexibility index (Phi) is 24.7. The van der Waals surface area contributed by atoms with E-state index in [1.807, 2.05) is 13.8 Å². The summed E-state index contributed by atoms with van der Waals surface area (Å²) in [7, 11) is 0. The first-order chi connectivity index (χ1) is 5.85. The highest BCUT2D eigenvalue weighted by Gasteiger charge is 1.88. The van der Waals surface area contributed by atoms with Crippen LogP contribution in [-0.2, 0) is 0 Å². The minimum atomic E-state index is 0. The Morgan fingerprint density at radius 1 is 1.15 bits per heavy atom. The monoisotopic (exact) mass is 184 g/mol. The van der Waals surface area contributed by atoms with Gasteiger partial charge in [0.2, 0.25) is 0 Å². The van der Waals surface area contributed by atoms with Crippen LogP contribution >= 0.6 is 0 Å². The van der Waals surface area contributed by atoms with E-state index in [0.717, 1.165) is 0 Å². The molecule has 0 aromatic heterocycles. The first-order valence-corrected chi connectivity index (χ1v) is 5.15. The van der Waals surface area contributed by atoms with Gasteiger partial charge in [0, 0.05) is 0 Å². The van der Waals surface area contributed by atoms with E-state index in [-0.39, 0.29) is 7.43 Å². The van der Waals surface area contributed by atoms with Gasteiger partial charge in [0.05, 0.1) is 0 Å². The lowest BCUT2D eigenvalue weighted by Crippen LogP contribution is -1.77. The van der Waals surface area contributed by atoms with E-state index in [1.54, 1.807) is 5.57 Å². The van der Waals surface area contributed by atoms with Crippen LogP contribution in [0.2, 0.25) is 0 Å². The molecule has 0 atom stereocenters. The van der Waals surface area contributed by atoms with Crippen LogP contribution in [0.5, 0.6) is 0 Å². The average molecular weight is 184 g/mol. The van der Waals surface area contributed by atoms with E-state index < -0.39 is 0 Å². The molecular formula is C13H28. The maximum atomic E-state index is 2.23. The topological polar surface area (TPSA) is 0 Å². The number of hydrogen-bond acceptors (Lipinski definition) is 0. The van der Waals surface area contributed by atoms with Crippen LogP contribution in [0.25, 0.3) is 0 Å². The Labute approximate surface area is 85.8 Å². The Morgan fingerprint density at radius 2 is 1.69 bits per heavy atom. The first-order valence-electron chi connectivity index (χ1n) is 5.15. The summed E-state index contributed by atoms with van der Waals surface area (Å²) >= 11 is 0. The molecule has 0 radical (unpaired) electrons. The highest BCUT2D eigenvalue weighted by molar-refractivity contribution is 5.11. The second-order valence-corrected chi connectivity index (χ2v) is 2.45. The minimum Gasteiger partial charge on any atom is -0.0877 e. The van der Waals surface area contributed by atoms with Gasteiger partial charge in [0.25, 0.3) is 0 Å². The molecule has 0 spiro atoms. The van der Waals surface area contributed by atoms with Crippen LogP contribution in [0.3, 0.4) is 0 Å². The predicted octanol–water partition coefficient (Wildman–Crippen LogP) is 5.36. The number of hydrogen-bond donors (Lipinski definition) is 0. The van der Waals surface area contributed by atoms with Crippen molar-refractivity contribution in [1.82, 2.24) is 0 Å². The Bertz CT molecular complexity index is 118. The molecule has 0 N–H and O–H groups in total. The van der Waals surface area contributed by atoms with Gasteiger partial charge in [-0.25, -0.2) is 0 Å². The molecule has 0 amide bonds. The van der Waals surface area contributed by atoms with Gasteiger partial charge in [-0.3, -0.25) is 0 Å². The fraction of sp³-hybridized carbons (Fsp3) is 0.692. The van der Waals surface area contributed by atoms with Crippen molar-refractivity contribution < 1.29 is 0 Å². The van der Waals surface area contributed by atoms with Crippen molar-refractivity contribution in [2.24, 2.45) is 0 Å². The summed E-state index contributed by atoms with van der Waals surface area (Å²) in [5.74, 6) is 0. The molecule has 0 bridgehead atoms. The van der Waals surface area contributed by atoms with Gasteiger partial charge in [-0.15, -0.1) is 0 Å². The molecule has 13 heavy (non-hydrogen) atoms. The molecule has 0 aliphatic carbocycles. The van der Waals surface area contributed by atoms with E-state index in [4.69, 9.17) is 0 Å². The normalized spacial score (nSPS) is 10.4. The summed E-state index contributed by atoms with van der Waals surface area (Å²) in [6.45, 7) is 10.5. The molecule has 80 valence electrons. The van der Waals surface area contributed by atoms with E-state index in [0.29, 0.717) is 0 Å². The summed E-state index contributed by atoms with van der Waals surface area (Å²) < 4.78 is 0. The van der Waals surface area contributed by atoms with Crippen molar-refractivity contribution in [2.75, 3.05) is 0 Å². The van der Waals surface area contributed by atoms with Crippen LogP contribution in [0.1, 0.15) is 61.3 Å². The van der Waals surface area contributed by atoms with Gasteiger partial charge < -0.3 is 0 Å². The van der Waals surface area contributed by atoms with Crippen molar-refractivity contribution in [3.63, 3.8) is 0 Å². The third-order valence-electron chi connectivity index (χ3n) is 1.55. The molecule has 0 aromatic carbocycles. The molecule has 0 saturated carbocycles. The molecule has 0 unspecified atom stereocenters. The quantitative estimate of drug-likeness (QED) is 0.516. The Morgan fingerprint density at radius 3 is 2.00 bits per heavy atom. The van der Waals surface area contributed by atoms with Crippen LogP contribution in [0, 0.1) is 0 Å². The van der Waals surface area contributed by atoms with Crippen molar-refractivity contribution in [3.05, 3.63) is 23.8 Å². The highest BCUT2D eigenvalue weighted by atomic mass is 13.9. The molecular weight excluding hydrogens is 156 g/mol. The summed E-state index contributed by atoms with van der Waals surface area (Å²) in [5.41, 5.74) is 1.56. The zero-order valence-electron chi connectivity index (χ0n) is 9.35. The molecule has 0 heterocycles. The van der Waals surface area contributed by atoms with E-state index in [2.05, 4.69) is 39.0 Å². The smallest absolute Gasteiger partial charge is 0.0320 e. The molecule has 0 fully saturated rings. The summed E-state index contributed by atoms with van der Waals surface area (Å²) in [6.07, 6.45) is 10.1. The summed E-state index contributed by atoms with van der Waals surface area (Å²) in [5, 5.41) is 0. The van der Waals surface area contributed by atoms with E-state index in [1.165, 1.54) is 19.3 Å². The zero-order chi connectivity index (χ0) is 9.82. The molecule has 0 heteroatoms. The Hall–Kier alpha value is -0.520. The molecule has 0 rings (SSSR count). The lowest BCUT2D eigenvalue weighted by Gasteiger charge is -1.98. The Balaban J connectivity index is -0.000000309. The maximum Gasteiger partial charge on any atom is -0.0320 e. The van der Waals surface area contributed by atoms with Crippen molar-refractivity contribution >= 4 is 0 Å². The summed E-state index contributed by atoms with van der Waals surface area (Å²) in [6, 6.07) is 0. The highest BCUT2D eigenvalue weighted by Crippen LogP contribution is 2.08. The van der Waals surface area contributed by atoms with Gasteiger partial charge >= 0.3 is 0 Å². The van der Waals surface area contributed by atoms with Gasteiger partial charge in [-0.1, -0.05) is 65.3 Å². The molecule has 0 aliphatic rings. The van der Waals surface area contributed by atoms with Crippen LogP contribution in [0.15, 0.2) is 23.8 Å². The third-order valence-corrected chi connectivity index (χ3v) is 1.55. The SMILES string of the molecule is C.C/C=C/C=C(/CC)CCC.CC. The predicted molar refractivity (Wildman–Crippen MR) is 66.2 cm³/mol. The van der Waals surface area contributed by atoms with Gasteiger partial charge in [0.15, 0.2) is 0 Å². The number of allylic oxidation sites excluding steroid dienone is 4. The lowest BCUT2D eigenvalue weighted by atomic mass is 10.1. The van der Waals surface area contributed by atoms with Crippen molar-refractivity contribution in [3.8, 4) is 0 Å². The minimum absolute atomic E-state index is 0. The van der Waals surface area contributed by atoms with Gasteiger partial charge in [0.1, 0.15) is 0 Å². The average Bonchev–Trinajstić information content (AvgIpc) is 2.15. The van der Waals surface area contributed by atoms with Crippen LogP contribution in [-0.4, -0.2) is 0 Å². The summed E-state index contributed by atoms with van der Waals surface area (Å²) in [4.78, 5) is 0. The zero-order valence-corrected chi connectivity index (χ0v) is 9.35. The maximum absolute atomic E-state index is 2.23. The largest absolute Gasteiger partial charge is 0.0877 e. The standard InChI is InChI=1S/C10H18.C2H6.CH4/c1-4-7-9-10(6-3)8-5-2;1-2;/h4,7,9H,5-6,8H2,1-3H3;1-2H3;1H4/b7-4+,10-9-;;. The first kappa shape index (κ1) is 18.3. The van der Waals surface area contributed by atoms with Crippen LogP contribution < -0.4 is 0 Å². The van der Waals surface area contributed by atoms with E-state index in [9.17, 15) is 0 Å². The molecule has 0 aliphatic heterocycles. The van der Waals surface area contributed by atoms with Crippen molar-refractivity contribution in [1.29, 1.82) is 0 Å². The van der Waals surface area contributed by atoms with E-state index >= 15 is 0 Å². The second kappa shape index (κ2) is 17.5. The van der Waals surface area contributed by atoms with Crippen LogP contribution in [0.4, 0.5) is 0 Å². The fourth-order valence-electron chi connectivity index (χ4n) is 0.931. The lowest BCUT2D eigenvalue weighted by molar-refractivity contribution is 0.859. The molecule has 0 nitrogen and oxygen atoms in total. The third kappa shape index (κ3) is 14.3. The molecule has 0 aromatic rings. The molecule has 0 saturated heterocycles. The van der Waals surface area contributed by atoms with Crippen molar-refractivity contribution in [2.45, 2.75) is 61.3 Å². The van der Waals surface area contributed by atoms with Gasteiger partial charge in [-0.2, -0.15) is 0 Å². The second-order valence-electron chi connectivity index (χ2n) is 2.45. The fourth-order valence-corrected chi connectivity index (χ4v) is 0.931. The van der Waals surface area contributed by atoms with Gasteiger partial charge in [-0.05, 0) is 19.8 Å². The number of rotatable bonds is 4.